The zero-order chi connectivity index (χ0) is 16.6. The van der Waals surface area contributed by atoms with Gasteiger partial charge >= 0.3 is 0 Å². The summed E-state index contributed by atoms with van der Waals surface area (Å²) < 4.78 is 6.16. The Balaban J connectivity index is 1.28. The molecule has 2 aromatic heterocycles. The zero-order valence-corrected chi connectivity index (χ0v) is 15.0. The van der Waals surface area contributed by atoms with Crippen LogP contribution in [0.25, 0.3) is 0 Å². The first-order valence-electron chi connectivity index (χ1n) is 7.85. The molecule has 126 valence electrons. The smallest absolute Gasteiger partial charge is 0.274 e. The number of ether oxygens (including phenoxy) is 1. The number of carbonyl (C=O) groups is 1. The van der Waals surface area contributed by atoms with Crippen LogP contribution < -0.4 is 0 Å². The lowest BCUT2D eigenvalue weighted by Gasteiger charge is -2.47. The number of amides is 1. The number of likely N-dealkylation sites (tertiary alicyclic amines) is 1. The third kappa shape index (κ3) is 3.18. The van der Waals surface area contributed by atoms with Gasteiger partial charge in [-0.3, -0.25) is 9.78 Å². The lowest BCUT2D eigenvalue weighted by Crippen LogP contribution is -2.60. The molecule has 4 heterocycles. The molecule has 2 aromatic rings. The van der Waals surface area contributed by atoms with Gasteiger partial charge in [0.2, 0.25) is 0 Å². The minimum Gasteiger partial charge on any atom is -0.371 e. The van der Waals surface area contributed by atoms with Gasteiger partial charge in [0, 0.05) is 36.6 Å². The van der Waals surface area contributed by atoms with Gasteiger partial charge in [-0.15, -0.1) is 23.1 Å². The summed E-state index contributed by atoms with van der Waals surface area (Å²) in [6.07, 6.45) is 5.89. The molecule has 0 aromatic carbocycles. The van der Waals surface area contributed by atoms with Crippen LogP contribution in [0.4, 0.5) is 0 Å². The minimum absolute atomic E-state index is 0.0309. The molecule has 1 spiro atoms. The van der Waals surface area contributed by atoms with E-state index in [2.05, 4.69) is 20.3 Å². The quantitative estimate of drug-likeness (QED) is 0.830. The van der Waals surface area contributed by atoms with E-state index in [4.69, 9.17) is 4.74 Å². The Bertz CT molecular complexity index is 731. The van der Waals surface area contributed by atoms with Gasteiger partial charge in [0.15, 0.2) is 0 Å². The topological polar surface area (TPSA) is 68.2 Å². The first-order valence-corrected chi connectivity index (χ1v) is 9.72. The molecule has 2 aliphatic heterocycles. The molecule has 1 atom stereocenters. The molecule has 0 N–H and O–H groups in total. The number of thioether (sulfide) groups is 1. The third-order valence-electron chi connectivity index (χ3n) is 4.34. The van der Waals surface area contributed by atoms with Crippen LogP contribution in [-0.4, -0.2) is 55.5 Å². The van der Waals surface area contributed by atoms with E-state index in [9.17, 15) is 4.79 Å². The maximum atomic E-state index is 12.3. The van der Waals surface area contributed by atoms with Crippen molar-refractivity contribution in [1.82, 2.24) is 19.9 Å². The van der Waals surface area contributed by atoms with Crippen LogP contribution in [0.15, 0.2) is 24.0 Å². The number of nitrogens with zero attached hydrogens (tertiary/aromatic N) is 4. The van der Waals surface area contributed by atoms with E-state index in [1.165, 1.54) is 6.20 Å². The molecule has 2 fully saturated rings. The normalized spacial score (nSPS) is 21.9. The van der Waals surface area contributed by atoms with Gasteiger partial charge in [-0.1, -0.05) is 0 Å². The number of aryl methyl sites for hydroxylation is 1. The fourth-order valence-electron chi connectivity index (χ4n) is 3.17. The molecule has 0 aliphatic carbocycles. The van der Waals surface area contributed by atoms with E-state index in [0.29, 0.717) is 12.3 Å². The van der Waals surface area contributed by atoms with E-state index in [1.54, 1.807) is 23.7 Å². The number of carbonyl (C=O) groups excluding carboxylic acids is 1. The molecule has 24 heavy (non-hydrogen) atoms. The summed E-state index contributed by atoms with van der Waals surface area (Å²) in [5.74, 6) is 0.952. The predicted octanol–water partition coefficient (Wildman–Crippen LogP) is 2.16. The summed E-state index contributed by atoms with van der Waals surface area (Å²) in [5, 5.41) is 3.13. The van der Waals surface area contributed by atoms with Crippen LogP contribution in [0.2, 0.25) is 0 Å². The highest BCUT2D eigenvalue weighted by atomic mass is 32.2. The average Bonchev–Trinajstić information content (AvgIpc) is 3.18. The van der Waals surface area contributed by atoms with Crippen molar-refractivity contribution in [3.63, 3.8) is 0 Å². The molecule has 6 nitrogen and oxygen atoms in total. The van der Waals surface area contributed by atoms with Crippen molar-refractivity contribution < 1.29 is 9.53 Å². The predicted molar refractivity (Wildman–Crippen MR) is 93.2 cm³/mol. The van der Waals surface area contributed by atoms with E-state index >= 15 is 0 Å². The number of hydrogen-bond donors (Lipinski definition) is 0. The van der Waals surface area contributed by atoms with Crippen LogP contribution in [0, 0.1) is 6.92 Å². The Morgan fingerprint density at radius 1 is 1.46 bits per heavy atom. The van der Waals surface area contributed by atoms with Gasteiger partial charge in [0.1, 0.15) is 5.69 Å². The maximum Gasteiger partial charge on any atom is 0.274 e. The van der Waals surface area contributed by atoms with Gasteiger partial charge in [0.05, 0.1) is 34.4 Å². The van der Waals surface area contributed by atoms with Crippen LogP contribution in [0.3, 0.4) is 0 Å². The van der Waals surface area contributed by atoms with Crippen molar-refractivity contribution in [1.29, 1.82) is 0 Å². The van der Waals surface area contributed by atoms with Crippen molar-refractivity contribution in [2.75, 3.05) is 18.8 Å². The monoisotopic (exact) mass is 362 g/mol. The van der Waals surface area contributed by atoms with E-state index < -0.39 is 0 Å². The molecule has 2 saturated heterocycles. The number of rotatable bonds is 4. The van der Waals surface area contributed by atoms with Crippen molar-refractivity contribution >= 4 is 29.0 Å². The number of hydrogen-bond acceptors (Lipinski definition) is 7. The Kier molecular flexibility index (Phi) is 4.28. The summed E-state index contributed by atoms with van der Waals surface area (Å²) in [6, 6.07) is 0. The largest absolute Gasteiger partial charge is 0.371 e. The second kappa shape index (κ2) is 6.42. The molecule has 0 bridgehead atoms. The lowest BCUT2D eigenvalue weighted by molar-refractivity contribution is 0.0244. The number of thiazole rings is 1. The molecule has 1 amide bonds. The van der Waals surface area contributed by atoms with Crippen LogP contribution in [-0.2, 0) is 11.3 Å². The second-order valence-electron chi connectivity index (χ2n) is 6.24. The van der Waals surface area contributed by atoms with Crippen LogP contribution in [0.1, 0.15) is 27.6 Å². The summed E-state index contributed by atoms with van der Waals surface area (Å²) in [4.78, 5) is 26.7. The number of aromatic nitrogens is 3. The average molecular weight is 362 g/mol. The summed E-state index contributed by atoms with van der Waals surface area (Å²) in [5.41, 5.74) is 1.43. The molecular weight excluding hydrogens is 344 g/mol. The van der Waals surface area contributed by atoms with E-state index in [0.717, 1.165) is 36.0 Å². The molecule has 8 heteroatoms. The lowest BCUT2D eigenvalue weighted by atomic mass is 9.92. The van der Waals surface area contributed by atoms with Gasteiger partial charge in [-0.25, -0.2) is 9.97 Å². The van der Waals surface area contributed by atoms with Gasteiger partial charge in [-0.2, -0.15) is 0 Å². The Hall–Kier alpha value is -1.51. The SMILES string of the molecule is Cc1nc(CO[C@H]2CSC3(C2)CN(C(=O)c2cnccn2)C3)cs1. The molecule has 0 unspecified atom stereocenters. The fraction of sp³-hybridized carbons (Fsp3) is 0.500. The summed E-state index contributed by atoms with van der Waals surface area (Å²) >= 11 is 3.58. The Labute approximate surface area is 148 Å². The van der Waals surface area contributed by atoms with Crippen molar-refractivity contribution in [3.05, 3.63) is 40.4 Å². The van der Waals surface area contributed by atoms with Gasteiger partial charge in [-0.05, 0) is 13.3 Å². The molecule has 4 rings (SSSR count). The molecular formula is C16H18N4O2S2. The van der Waals surface area contributed by atoms with E-state index in [-0.39, 0.29) is 16.8 Å². The first kappa shape index (κ1) is 16.0. The van der Waals surface area contributed by atoms with Crippen molar-refractivity contribution in [2.45, 2.75) is 30.8 Å². The van der Waals surface area contributed by atoms with Crippen LogP contribution >= 0.6 is 23.1 Å². The Morgan fingerprint density at radius 2 is 2.33 bits per heavy atom. The maximum absolute atomic E-state index is 12.3. The standard InChI is InChI=1S/C16H18N4O2S2/c1-11-19-12(7-23-11)6-22-13-4-16(24-8-13)9-20(10-16)15(21)14-5-17-2-3-18-14/h2-3,5,7,13H,4,6,8-10H2,1H3/t13-/m1/s1. The minimum atomic E-state index is -0.0309. The van der Waals surface area contributed by atoms with Crippen molar-refractivity contribution in [2.24, 2.45) is 0 Å². The molecule has 0 saturated carbocycles. The van der Waals surface area contributed by atoms with Crippen LogP contribution in [0.5, 0.6) is 0 Å². The van der Waals surface area contributed by atoms with Gasteiger partial charge in [0.25, 0.3) is 5.91 Å². The Morgan fingerprint density at radius 3 is 3.04 bits per heavy atom. The summed E-state index contributed by atoms with van der Waals surface area (Å²) in [7, 11) is 0. The summed E-state index contributed by atoms with van der Waals surface area (Å²) in [6.45, 7) is 4.12. The molecule has 2 aliphatic rings. The highest BCUT2D eigenvalue weighted by Gasteiger charge is 2.51. The zero-order valence-electron chi connectivity index (χ0n) is 13.3. The van der Waals surface area contributed by atoms with E-state index in [1.807, 2.05) is 23.6 Å². The fourth-order valence-corrected chi connectivity index (χ4v) is 5.32. The second-order valence-corrected chi connectivity index (χ2v) is 8.79. The highest BCUT2D eigenvalue weighted by Crippen LogP contribution is 2.46. The molecule has 0 radical (unpaired) electrons. The first-order chi connectivity index (χ1) is 11.6. The highest BCUT2D eigenvalue weighted by molar-refractivity contribution is 8.01. The van der Waals surface area contributed by atoms with Gasteiger partial charge < -0.3 is 9.64 Å². The third-order valence-corrected chi connectivity index (χ3v) is 6.73. The van der Waals surface area contributed by atoms with Crippen molar-refractivity contribution in [3.8, 4) is 0 Å².